The van der Waals surface area contributed by atoms with E-state index in [1.54, 1.807) is 11.8 Å². The van der Waals surface area contributed by atoms with Gasteiger partial charge in [-0.1, -0.05) is 36.4 Å². The van der Waals surface area contributed by atoms with Crippen LogP contribution >= 0.6 is 11.8 Å². The molecule has 0 saturated heterocycles. The van der Waals surface area contributed by atoms with E-state index in [2.05, 4.69) is 30.4 Å². The number of fused-ring (bicyclic) bond motifs is 1. The first-order valence-corrected chi connectivity index (χ1v) is 9.65. The first-order chi connectivity index (χ1) is 11.6. The molecule has 2 atom stereocenters. The van der Waals surface area contributed by atoms with E-state index >= 15 is 0 Å². The van der Waals surface area contributed by atoms with Crippen LogP contribution in [0.4, 0.5) is 0 Å². The van der Waals surface area contributed by atoms with E-state index < -0.39 is 0 Å². The Labute approximate surface area is 149 Å². The van der Waals surface area contributed by atoms with Crippen LogP contribution in [0.3, 0.4) is 0 Å². The molecule has 1 N–H and O–H groups in total. The number of carbonyl (C=O) groups is 1. The summed E-state index contributed by atoms with van der Waals surface area (Å²) < 4.78 is 0. The van der Waals surface area contributed by atoms with Crippen LogP contribution in [0.1, 0.15) is 49.4 Å². The molecule has 2 aromatic carbocycles. The molecule has 0 spiro atoms. The maximum atomic E-state index is 12.5. The summed E-state index contributed by atoms with van der Waals surface area (Å²) in [6.45, 7) is 4.04. The summed E-state index contributed by atoms with van der Waals surface area (Å²) in [5.41, 5.74) is 4.16. The van der Waals surface area contributed by atoms with E-state index in [4.69, 9.17) is 0 Å². The number of aryl methyl sites for hydroxylation is 2. The summed E-state index contributed by atoms with van der Waals surface area (Å²) in [5.74, 6) is 0.0917. The Morgan fingerprint density at radius 3 is 2.46 bits per heavy atom. The average molecular weight is 340 g/mol. The number of hydrogen-bond acceptors (Lipinski definition) is 2. The van der Waals surface area contributed by atoms with Gasteiger partial charge in [0.05, 0.1) is 11.3 Å². The highest BCUT2D eigenvalue weighted by molar-refractivity contribution is 8.00. The predicted molar refractivity (Wildman–Crippen MR) is 101 cm³/mol. The van der Waals surface area contributed by atoms with E-state index in [-0.39, 0.29) is 17.2 Å². The maximum Gasteiger partial charge on any atom is 0.233 e. The third-order valence-electron chi connectivity index (χ3n) is 4.66. The predicted octanol–water partition coefficient (Wildman–Crippen LogP) is 4.92. The number of benzene rings is 2. The molecule has 3 heteroatoms. The molecule has 24 heavy (non-hydrogen) atoms. The summed E-state index contributed by atoms with van der Waals surface area (Å²) >= 11 is 1.60. The molecule has 0 heterocycles. The largest absolute Gasteiger partial charge is 0.349 e. The summed E-state index contributed by atoms with van der Waals surface area (Å²) in [6, 6.07) is 16.8. The third-order valence-corrected chi connectivity index (χ3v) is 5.77. The zero-order chi connectivity index (χ0) is 16.9. The number of rotatable bonds is 5. The van der Waals surface area contributed by atoms with Crippen LogP contribution in [0.5, 0.6) is 0 Å². The van der Waals surface area contributed by atoms with Crippen molar-refractivity contribution in [2.75, 3.05) is 0 Å². The van der Waals surface area contributed by atoms with Gasteiger partial charge in [-0.3, -0.25) is 4.79 Å². The van der Waals surface area contributed by atoms with Crippen molar-refractivity contribution in [3.05, 3.63) is 65.2 Å². The average Bonchev–Trinajstić information content (AvgIpc) is 2.62. The molecule has 0 fully saturated rings. The van der Waals surface area contributed by atoms with Gasteiger partial charge >= 0.3 is 0 Å². The van der Waals surface area contributed by atoms with Crippen LogP contribution in [0, 0.1) is 0 Å². The van der Waals surface area contributed by atoms with Gasteiger partial charge in [0, 0.05) is 4.90 Å². The van der Waals surface area contributed by atoms with Gasteiger partial charge in [-0.2, -0.15) is 0 Å². The van der Waals surface area contributed by atoms with E-state index in [0.717, 1.165) is 4.90 Å². The molecular weight excluding hydrogens is 314 g/mol. The molecule has 3 rings (SSSR count). The van der Waals surface area contributed by atoms with Crippen molar-refractivity contribution in [3.63, 3.8) is 0 Å². The lowest BCUT2D eigenvalue weighted by Gasteiger charge is -2.21. The molecule has 126 valence electrons. The molecule has 2 aromatic rings. The number of hydrogen-bond donors (Lipinski definition) is 1. The van der Waals surface area contributed by atoms with Crippen LogP contribution in [0.25, 0.3) is 0 Å². The fourth-order valence-corrected chi connectivity index (χ4v) is 4.09. The zero-order valence-corrected chi connectivity index (χ0v) is 15.2. The number of thioether (sulfide) groups is 1. The molecule has 1 aliphatic rings. The molecule has 1 amide bonds. The highest BCUT2D eigenvalue weighted by Crippen LogP contribution is 2.26. The first-order valence-electron chi connectivity index (χ1n) is 8.77. The van der Waals surface area contributed by atoms with Crippen molar-refractivity contribution in [3.8, 4) is 0 Å². The molecular formula is C21H25NOS. The third kappa shape index (κ3) is 4.21. The van der Waals surface area contributed by atoms with Crippen LogP contribution in [-0.4, -0.2) is 11.2 Å². The maximum absolute atomic E-state index is 12.5. The molecule has 0 radical (unpaired) electrons. The summed E-state index contributed by atoms with van der Waals surface area (Å²) in [6.07, 6.45) is 4.94. The Bertz CT molecular complexity index is 698. The van der Waals surface area contributed by atoms with E-state index in [9.17, 15) is 4.79 Å². The Morgan fingerprint density at radius 2 is 1.71 bits per heavy atom. The van der Waals surface area contributed by atoms with Crippen molar-refractivity contribution in [2.24, 2.45) is 0 Å². The van der Waals surface area contributed by atoms with Gasteiger partial charge in [0.2, 0.25) is 5.91 Å². The van der Waals surface area contributed by atoms with Crippen LogP contribution in [0.15, 0.2) is 53.4 Å². The molecule has 0 saturated carbocycles. The Balaban J connectivity index is 1.61. The van der Waals surface area contributed by atoms with Gasteiger partial charge in [0.1, 0.15) is 0 Å². The monoisotopic (exact) mass is 339 g/mol. The molecule has 2 nitrogen and oxygen atoms in total. The summed E-state index contributed by atoms with van der Waals surface area (Å²) in [7, 11) is 0. The molecule has 0 bridgehead atoms. The molecule has 0 aliphatic heterocycles. The lowest BCUT2D eigenvalue weighted by molar-refractivity contribution is -0.120. The summed E-state index contributed by atoms with van der Waals surface area (Å²) in [4.78, 5) is 13.6. The van der Waals surface area contributed by atoms with Crippen LogP contribution < -0.4 is 5.32 Å². The Hall–Kier alpha value is -1.74. The van der Waals surface area contributed by atoms with Crippen molar-refractivity contribution in [1.29, 1.82) is 0 Å². The number of carbonyl (C=O) groups excluding carboxylic acids is 1. The lowest BCUT2D eigenvalue weighted by atomic mass is 9.89. The van der Waals surface area contributed by atoms with Gasteiger partial charge < -0.3 is 5.32 Å². The number of nitrogens with one attached hydrogen (secondary N) is 1. The second-order valence-corrected chi connectivity index (χ2v) is 7.95. The first kappa shape index (κ1) is 17.1. The second-order valence-electron chi connectivity index (χ2n) is 6.54. The highest BCUT2D eigenvalue weighted by Gasteiger charge is 2.18. The fourth-order valence-electron chi connectivity index (χ4n) is 3.19. The highest BCUT2D eigenvalue weighted by atomic mass is 32.2. The van der Waals surface area contributed by atoms with E-state index in [1.165, 1.54) is 42.4 Å². The van der Waals surface area contributed by atoms with Crippen molar-refractivity contribution >= 4 is 17.7 Å². The zero-order valence-electron chi connectivity index (χ0n) is 14.4. The SMILES string of the molecule is C[C@H](NC(=O)[C@@H](C)Sc1ccccc1)c1ccc2c(c1)CCCC2. The molecule has 0 unspecified atom stereocenters. The smallest absolute Gasteiger partial charge is 0.233 e. The minimum Gasteiger partial charge on any atom is -0.349 e. The van der Waals surface area contributed by atoms with Gasteiger partial charge in [0.15, 0.2) is 0 Å². The van der Waals surface area contributed by atoms with Crippen LogP contribution in [-0.2, 0) is 17.6 Å². The second kappa shape index (κ2) is 7.89. The van der Waals surface area contributed by atoms with Gasteiger partial charge in [-0.05, 0) is 68.4 Å². The van der Waals surface area contributed by atoms with E-state index in [1.807, 2.05) is 37.3 Å². The standard InChI is InChI=1S/C21H25NOS/c1-15(18-13-12-17-8-6-7-9-19(17)14-18)22-21(23)16(2)24-20-10-4-3-5-11-20/h3-5,10-16H,6-9H2,1-2H3,(H,22,23)/t15-,16+/m0/s1. The minimum absolute atomic E-state index is 0.0450. The Kier molecular flexibility index (Phi) is 5.62. The quantitative estimate of drug-likeness (QED) is 0.783. The minimum atomic E-state index is -0.104. The van der Waals surface area contributed by atoms with Gasteiger partial charge in [0.25, 0.3) is 0 Å². The number of amides is 1. The van der Waals surface area contributed by atoms with Crippen LogP contribution in [0.2, 0.25) is 0 Å². The van der Waals surface area contributed by atoms with Gasteiger partial charge in [-0.25, -0.2) is 0 Å². The lowest BCUT2D eigenvalue weighted by Crippen LogP contribution is -2.33. The van der Waals surface area contributed by atoms with Crippen molar-refractivity contribution < 1.29 is 4.79 Å². The summed E-state index contributed by atoms with van der Waals surface area (Å²) in [5, 5.41) is 3.06. The normalized spacial score (nSPS) is 16.1. The van der Waals surface area contributed by atoms with Crippen molar-refractivity contribution in [1.82, 2.24) is 5.32 Å². The van der Waals surface area contributed by atoms with Gasteiger partial charge in [-0.15, -0.1) is 11.8 Å². The van der Waals surface area contributed by atoms with Crippen molar-refractivity contribution in [2.45, 2.75) is 55.7 Å². The fraction of sp³-hybridized carbons (Fsp3) is 0.381. The Morgan fingerprint density at radius 1 is 1.00 bits per heavy atom. The van der Waals surface area contributed by atoms with E-state index in [0.29, 0.717) is 0 Å². The molecule has 0 aromatic heterocycles. The molecule has 1 aliphatic carbocycles. The topological polar surface area (TPSA) is 29.1 Å².